The molecule has 3 aromatic rings. The van der Waals surface area contributed by atoms with Crippen LogP contribution in [0.25, 0.3) is 10.9 Å². The van der Waals surface area contributed by atoms with Gasteiger partial charge in [-0.2, -0.15) is 0 Å². The molecule has 0 aliphatic heterocycles. The van der Waals surface area contributed by atoms with Crippen molar-refractivity contribution in [1.82, 2.24) is 4.57 Å². The van der Waals surface area contributed by atoms with Gasteiger partial charge in [0.1, 0.15) is 6.04 Å². The molecule has 1 aromatic heterocycles. The van der Waals surface area contributed by atoms with Gasteiger partial charge in [-0.05, 0) is 30.7 Å². The number of anilines is 1. The highest BCUT2D eigenvalue weighted by Crippen LogP contribution is 2.42. The number of carbonyl (C=O) groups is 2. The number of carboxylic acid groups (broad SMARTS) is 1. The quantitative estimate of drug-likeness (QED) is 0.422. The van der Waals surface area contributed by atoms with Gasteiger partial charge in [-0.25, -0.2) is 12.7 Å². The fourth-order valence-corrected chi connectivity index (χ4v) is 5.10. The summed E-state index contributed by atoms with van der Waals surface area (Å²) in [6.07, 6.45) is 1.09. The van der Waals surface area contributed by atoms with Crippen molar-refractivity contribution in [2.24, 2.45) is 12.8 Å². The number of benzene rings is 2. The van der Waals surface area contributed by atoms with Gasteiger partial charge in [0.25, 0.3) is 10.0 Å². The van der Waals surface area contributed by atoms with Gasteiger partial charge in [0.2, 0.25) is 11.7 Å². The highest BCUT2D eigenvalue weighted by atomic mass is 32.2. The molecule has 0 saturated carbocycles. The maximum atomic E-state index is 13.8. The molecule has 35 heavy (non-hydrogen) atoms. The number of amides is 1. The van der Waals surface area contributed by atoms with Crippen LogP contribution in [0, 0.1) is 0 Å². The zero-order valence-electron chi connectivity index (χ0n) is 19.7. The highest BCUT2D eigenvalue weighted by Gasteiger charge is 2.33. The Morgan fingerprint density at radius 2 is 1.69 bits per heavy atom. The zero-order valence-corrected chi connectivity index (χ0v) is 20.5. The molecule has 0 unspecified atom stereocenters. The first-order valence-electron chi connectivity index (χ1n) is 10.5. The normalized spacial score (nSPS) is 12.3. The second-order valence-electron chi connectivity index (χ2n) is 7.68. The summed E-state index contributed by atoms with van der Waals surface area (Å²) >= 11 is 0. The van der Waals surface area contributed by atoms with Gasteiger partial charge in [0.05, 0.1) is 31.9 Å². The van der Waals surface area contributed by atoms with Crippen molar-refractivity contribution < 1.29 is 37.3 Å². The molecule has 0 radical (unpaired) electrons. The van der Waals surface area contributed by atoms with Crippen LogP contribution in [0.5, 0.6) is 17.2 Å². The molecule has 1 atom stereocenters. The summed E-state index contributed by atoms with van der Waals surface area (Å²) in [4.78, 5) is 24.3. The lowest BCUT2D eigenvalue weighted by Crippen LogP contribution is -2.39. The number of aliphatic carboxylic acids is 1. The van der Waals surface area contributed by atoms with E-state index in [9.17, 15) is 18.0 Å². The molecule has 12 heteroatoms. The first-order valence-corrected chi connectivity index (χ1v) is 11.9. The van der Waals surface area contributed by atoms with Crippen LogP contribution in [0.1, 0.15) is 12.8 Å². The number of aryl methyl sites for hydroxylation is 1. The van der Waals surface area contributed by atoms with Crippen LogP contribution in [0.4, 0.5) is 5.69 Å². The number of sulfonamides is 1. The van der Waals surface area contributed by atoms with Crippen LogP contribution < -0.4 is 24.2 Å². The van der Waals surface area contributed by atoms with E-state index >= 15 is 0 Å². The predicted molar refractivity (Wildman–Crippen MR) is 129 cm³/mol. The minimum absolute atomic E-state index is 0.0680. The number of carbonyl (C=O) groups excluding carboxylic acids is 1. The maximum Gasteiger partial charge on any atom is 0.320 e. The number of aromatic nitrogens is 1. The second-order valence-corrected chi connectivity index (χ2v) is 9.46. The van der Waals surface area contributed by atoms with Crippen molar-refractivity contribution in [2.45, 2.75) is 23.8 Å². The highest BCUT2D eigenvalue weighted by molar-refractivity contribution is 7.93. The van der Waals surface area contributed by atoms with E-state index in [-0.39, 0.29) is 34.3 Å². The Labute approximate surface area is 202 Å². The molecule has 1 heterocycles. The number of carboxylic acids is 1. The molecular weight excluding hydrogens is 478 g/mol. The van der Waals surface area contributed by atoms with Crippen molar-refractivity contribution in [3.8, 4) is 17.2 Å². The lowest BCUT2D eigenvalue weighted by atomic mass is 10.1. The minimum Gasteiger partial charge on any atom is -0.493 e. The van der Waals surface area contributed by atoms with Gasteiger partial charge in [-0.15, -0.1) is 0 Å². The minimum atomic E-state index is -4.44. The molecule has 0 spiro atoms. The number of fused-ring (bicyclic) bond motifs is 1. The van der Waals surface area contributed by atoms with Gasteiger partial charge in [0, 0.05) is 42.7 Å². The molecule has 0 aliphatic carbocycles. The Bertz CT molecular complexity index is 1340. The number of hydrogen-bond donors (Lipinski definition) is 2. The molecule has 11 nitrogen and oxygen atoms in total. The standard InChI is InChI=1S/C23H27N3O8S/c1-25-10-9-14-11-16(5-7-18(14)25)35(30,31)26(21(27)8-6-17(24)23(28)29)15-12-19(32-2)22(34-4)20(13-15)33-3/h5,7,9-13,17H,6,8,24H2,1-4H3,(H,28,29)/t17-/m0/s1. The van der Waals surface area contributed by atoms with Crippen molar-refractivity contribution in [3.63, 3.8) is 0 Å². The van der Waals surface area contributed by atoms with E-state index in [1.54, 1.807) is 18.3 Å². The third-order valence-electron chi connectivity index (χ3n) is 5.49. The van der Waals surface area contributed by atoms with E-state index in [1.165, 1.54) is 45.6 Å². The van der Waals surface area contributed by atoms with Gasteiger partial charge in [0.15, 0.2) is 11.5 Å². The van der Waals surface area contributed by atoms with Gasteiger partial charge < -0.3 is 29.6 Å². The zero-order chi connectivity index (χ0) is 25.9. The van der Waals surface area contributed by atoms with Crippen LogP contribution in [0.15, 0.2) is 47.5 Å². The van der Waals surface area contributed by atoms with Crippen molar-refractivity contribution in [1.29, 1.82) is 0 Å². The van der Waals surface area contributed by atoms with E-state index in [1.807, 2.05) is 11.6 Å². The van der Waals surface area contributed by atoms with Crippen molar-refractivity contribution in [3.05, 3.63) is 42.6 Å². The summed E-state index contributed by atoms with van der Waals surface area (Å²) in [6, 6.07) is 7.59. The number of ether oxygens (including phenoxy) is 3. The summed E-state index contributed by atoms with van der Waals surface area (Å²) in [7, 11) is 1.50. The average molecular weight is 506 g/mol. The van der Waals surface area contributed by atoms with Crippen molar-refractivity contribution in [2.75, 3.05) is 25.6 Å². The summed E-state index contributed by atoms with van der Waals surface area (Å²) < 4.78 is 46.0. The first kappa shape index (κ1) is 25.8. The van der Waals surface area contributed by atoms with Crippen molar-refractivity contribution >= 4 is 38.5 Å². The molecule has 0 aliphatic rings. The van der Waals surface area contributed by atoms with Crippen LogP contribution in [0.3, 0.4) is 0 Å². The Hall–Kier alpha value is -3.77. The molecule has 188 valence electrons. The van der Waals surface area contributed by atoms with Gasteiger partial charge in [-0.1, -0.05) is 0 Å². The topological polar surface area (TPSA) is 150 Å². The Kier molecular flexibility index (Phi) is 7.56. The Morgan fingerprint density at radius 3 is 2.23 bits per heavy atom. The van der Waals surface area contributed by atoms with E-state index in [0.717, 1.165) is 5.52 Å². The maximum absolute atomic E-state index is 13.8. The lowest BCUT2D eigenvalue weighted by molar-refractivity contribution is -0.138. The molecule has 3 rings (SSSR count). The lowest BCUT2D eigenvalue weighted by Gasteiger charge is -2.25. The number of methoxy groups -OCH3 is 3. The van der Waals surface area contributed by atoms with Crippen LogP contribution in [-0.2, 0) is 26.7 Å². The summed E-state index contributed by atoms with van der Waals surface area (Å²) in [6.45, 7) is 0. The Balaban J connectivity index is 2.17. The van der Waals surface area contributed by atoms with Gasteiger partial charge >= 0.3 is 5.97 Å². The number of hydrogen-bond acceptors (Lipinski definition) is 8. The number of nitrogens with zero attached hydrogens (tertiary/aromatic N) is 2. The van der Waals surface area contributed by atoms with E-state index in [4.69, 9.17) is 25.1 Å². The molecule has 0 fully saturated rings. The summed E-state index contributed by atoms with van der Waals surface area (Å²) in [5.41, 5.74) is 6.28. The molecule has 2 aromatic carbocycles. The number of rotatable bonds is 10. The SMILES string of the molecule is COc1cc(N(C(=O)CC[C@H](N)C(=O)O)S(=O)(=O)c2ccc3c(ccn3C)c2)cc(OC)c1OC. The monoisotopic (exact) mass is 505 g/mol. The van der Waals surface area contributed by atoms with E-state index < -0.39 is 34.4 Å². The fourth-order valence-electron chi connectivity index (χ4n) is 3.63. The van der Waals surface area contributed by atoms with Gasteiger partial charge in [-0.3, -0.25) is 9.59 Å². The van der Waals surface area contributed by atoms with Crippen LogP contribution >= 0.6 is 0 Å². The van der Waals surface area contributed by atoms with E-state index in [2.05, 4.69) is 0 Å². The van der Waals surface area contributed by atoms with Crippen LogP contribution in [-0.4, -0.2) is 57.3 Å². The Morgan fingerprint density at radius 1 is 1.06 bits per heavy atom. The third-order valence-corrected chi connectivity index (χ3v) is 7.24. The molecule has 0 saturated heterocycles. The predicted octanol–water partition coefficient (Wildman–Crippen LogP) is 2.12. The molecule has 3 N–H and O–H groups in total. The molecule has 1 amide bonds. The smallest absolute Gasteiger partial charge is 0.320 e. The average Bonchev–Trinajstić information content (AvgIpc) is 3.21. The summed E-state index contributed by atoms with van der Waals surface area (Å²) in [5, 5.41) is 9.73. The largest absolute Gasteiger partial charge is 0.493 e. The van der Waals surface area contributed by atoms with E-state index in [0.29, 0.717) is 9.69 Å². The first-order chi connectivity index (χ1) is 16.5. The second kappa shape index (κ2) is 10.2. The third kappa shape index (κ3) is 5.03. The number of nitrogens with two attached hydrogens (primary N) is 1. The fraction of sp³-hybridized carbons (Fsp3) is 0.304. The summed E-state index contributed by atoms with van der Waals surface area (Å²) in [5.74, 6) is -1.69. The molecular formula is C23H27N3O8S. The molecule has 0 bridgehead atoms. The van der Waals surface area contributed by atoms with Crippen LogP contribution in [0.2, 0.25) is 0 Å².